The maximum absolute atomic E-state index is 12.7. The zero-order chi connectivity index (χ0) is 20.7. The summed E-state index contributed by atoms with van der Waals surface area (Å²) in [5.74, 6) is 1.32. The summed E-state index contributed by atoms with van der Waals surface area (Å²) < 4.78 is 7.46. The van der Waals surface area contributed by atoms with Crippen LogP contribution in [-0.2, 0) is 23.2 Å². The van der Waals surface area contributed by atoms with Crippen LogP contribution in [0, 0.1) is 13.8 Å². The summed E-state index contributed by atoms with van der Waals surface area (Å²) in [6, 6.07) is 3.86. The van der Waals surface area contributed by atoms with E-state index in [1.165, 1.54) is 0 Å². The van der Waals surface area contributed by atoms with Crippen molar-refractivity contribution in [3.05, 3.63) is 34.8 Å². The van der Waals surface area contributed by atoms with E-state index in [1.807, 2.05) is 42.6 Å². The van der Waals surface area contributed by atoms with Crippen LogP contribution in [0.1, 0.15) is 48.3 Å². The second kappa shape index (κ2) is 7.50. The first-order valence-corrected chi connectivity index (χ1v) is 10.0. The van der Waals surface area contributed by atoms with Crippen molar-refractivity contribution in [3.63, 3.8) is 0 Å². The van der Waals surface area contributed by atoms with Crippen molar-refractivity contribution in [1.29, 1.82) is 0 Å². The minimum Gasteiger partial charge on any atom is -0.480 e. The van der Waals surface area contributed by atoms with Gasteiger partial charge in [0.25, 0.3) is 5.91 Å². The van der Waals surface area contributed by atoms with Crippen LogP contribution in [0.15, 0.2) is 12.1 Å². The van der Waals surface area contributed by atoms with Crippen molar-refractivity contribution in [3.8, 4) is 5.75 Å². The first-order chi connectivity index (χ1) is 13.8. The number of pyridine rings is 1. The molecule has 29 heavy (non-hydrogen) atoms. The fourth-order valence-electron chi connectivity index (χ4n) is 4.19. The van der Waals surface area contributed by atoms with Gasteiger partial charge in [-0.3, -0.25) is 19.2 Å². The summed E-state index contributed by atoms with van der Waals surface area (Å²) in [6.45, 7) is 7.45. The van der Waals surface area contributed by atoms with Crippen molar-refractivity contribution in [1.82, 2.24) is 19.7 Å². The highest BCUT2D eigenvalue weighted by molar-refractivity contribution is 5.96. The molecule has 8 nitrogen and oxygen atoms in total. The van der Waals surface area contributed by atoms with E-state index in [1.54, 1.807) is 11.8 Å². The molecule has 0 N–H and O–H groups in total. The number of ether oxygens (including phenoxy) is 1. The second-order valence-electron chi connectivity index (χ2n) is 7.90. The quantitative estimate of drug-likeness (QED) is 0.792. The van der Waals surface area contributed by atoms with Gasteiger partial charge in [0, 0.05) is 49.9 Å². The maximum Gasteiger partial charge on any atom is 0.266 e. The Morgan fingerprint density at radius 3 is 2.79 bits per heavy atom. The van der Waals surface area contributed by atoms with Gasteiger partial charge in [0.05, 0.1) is 12.2 Å². The molecule has 0 saturated carbocycles. The van der Waals surface area contributed by atoms with E-state index < -0.39 is 0 Å². The minimum atomic E-state index is -0.112. The van der Waals surface area contributed by atoms with Crippen LogP contribution in [-0.4, -0.2) is 51.2 Å². The summed E-state index contributed by atoms with van der Waals surface area (Å²) in [5, 5.41) is 4.46. The SMILES string of the molecule is CC(=O)N1CCCC(c2ccc3c(n2)N(Cc2c(C)nn(C)c2C)C(=O)CO3)C1. The number of likely N-dealkylation sites (tertiary alicyclic amines) is 1. The second-order valence-corrected chi connectivity index (χ2v) is 7.90. The van der Waals surface area contributed by atoms with Gasteiger partial charge in [-0.1, -0.05) is 0 Å². The highest BCUT2D eigenvalue weighted by Crippen LogP contribution is 2.35. The van der Waals surface area contributed by atoms with Gasteiger partial charge in [-0.2, -0.15) is 5.10 Å². The van der Waals surface area contributed by atoms with E-state index in [0.29, 0.717) is 24.7 Å². The Kier molecular flexibility index (Phi) is 5.02. The van der Waals surface area contributed by atoms with E-state index >= 15 is 0 Å². The number of aryl methyl sites for hydroxylation is 2. The lowest BCUT2D eigenvalue weighted by Crippen LogP contribution is -2.40. The minimum absolute atomic E-state index is 0.00786. The molecule has 8 heteroatoms. The average molecular weight is 397 g/mol. The summed E-state index contributed by atoms with van der Waals surface area (Å²) in [7, 11) is 1.90. The van der Waals surface area contributed by atoms with Gasteiger partial charge < -0.3 is 9.64 Å². The Labute approximate surface area is 170 Å². The van der Waals surface area contributed by atoms with Crippen LogP contribution in [0.5, 0.6) is 5.75 Å². The lowest BCUT2D eigenvalue weighted by molar-refractivity contribution is -0.130. The predicted octanol–water partition coefficient (Wildman–Crippen LogP) is 2.08. The van der Waals surface area contributed by atoms with Gasteiger partial charge in [-0.15, -0.1) is 0 Å². The third-order valence-electron chi connectivity index (χ3n) is 6.03. The van der Waals surface area contributed by atoms with Crippen molar-refractivity contribution < 1.29 is 14.3 Å². The number of hydrogen-bond donors (Lipinski definition) is 0. The molecule has 1 saturated heterocycles. The first-order valence-electron chi connectivity index (χ1n) is 10.0. The van der Waals surface area contributed by atoms with Crippen molar-refractivity contribution in [2.75, 3.05) is 24.6 Å². The largest absolute Gasteiger partial charge is 0.480 e. The Morgan fingerprint density at radius 1 is 1.31 bits per heavy atom. The number of carbonyl (C=O) groups excluding carboxylic acids is 2. The van der Waals surface area contributed by atoms with E-state index in [9.17, 15) is 9.59 Å². The third-order valence-corrected chi connectivity index (χ3v) is 6.03. The summed E-state index contributed by atoms with van der Waals surface area (Å²) in [4.78, 5) is 32.9. The van der Waals surface area contributed by atoms with E-state index in [0.717, 1.165) is 42.0 Å². The van der Waals surface area contributed by atoms with Crippen molar-refractivity contribution in [2.45, 2.75) is 46.1 Å². The standard InChI is InChI=1S/C21H27N5O3/c1-13-17(14(2)24(4)23-13)11-26-20(28)12-29-19-8-7-18(22-21(19)26)16-6-5-9-25(10-16)15(3)27/h7-8,16H,5-6,9-12H2,1-4H3. The molecule has 0 bridgehead atoms. The predicted molar refractivity (Wildman–Crippen MR) is 108 cm³/mol. The lowest BCUT2D eigenvalue weighted by atomic mass is 9.94. The number of aromatic nitrogens is 3. The van der Waals surface area contributed by atoms with E-state index in [2.05, 4.69) is 5.10 Å². The number of nitrogens with zero attached hydrogens (tertiary/aromatic N) is 5. The van der Waals surface area contributed by atoms with Gasteiger partial charge in [0.15, 0.2) is 18.2 Å². The van der Waals surface area contributed by atoms with Crippen LogP contribution < -0.4 is 9.64 Å². The Hall–Kier alpha value is -2.90. The molecule has 154 valence electrons. The lowest BCUT2D eigenvalue weighted by Gasteiger charge is -2.33. The molecule has 4 heterocycles. The molecule has 1 atom stereocenters. The molecule has 2 aliphatic rings. The van der Waals surface area contributed by atoms with Crippen LogP contribution in [0.2, 0.25) is 0 Å². The normalized spacial score (nSPS) is 19.2. The molecule has 0 radical (unpaired) electrons. The number of piperidine rings is 1. The van der Waals surface area contributed by atoms with Gasteiger partial charge >= 0.3 is 0 Å². The van der Waals surface area contributed by atoms with Crippen LogP contribution in [0.4, 0.5) is 5.82 Å². The zero-order valence-corrected chi connectivity index (χ0v) is 17.4. The molecular formula is C21H27N5O3. The van der Waals surface area contributed by atoms with Crippen LogP contribution in [0.25, 0.3) is 0 Å². The van der Waals surface area contributed by atoms with Crippen molar-refractivity contribution >= 4 is 17.6 Å². The summed E-state index contributed by atoms with van der Waals surface area (Å²) >= 11 is 0. The Balaban J connectivity index is 1.66. The molecule has 0 aliphatic carbocycles. The third kappa shape index (κ3) is 3.59. The number of amides is 2. The van der Waals surface area contributed by atoms with Crippen LogP contribution >= 0.6 is 0 Å². The molecule has 2 amide bonds. The molecule has 0 aromatic carbocycles. The molecule has 2 aromatic heterocycles. The van der Waals surface area contributed by atoms with Gasteiger partial charge in [-0.05, 0) is 38.8 Å². The molecule has 1 fully saturated rings. The topological polar surface area (TPSA) is 80.6 Å². The summed E-state index contributed by atoms with van der Waals surface area (Å²) in [5.41, 5.74) is 3.87. The van der Waals surface area contributed by atoms with Gasteiger partial charge in [-0.25, -0.2) is 4.98 Å². The molecule has 2 aliphatic heterocycles. The van der Waals surface area contributed by atoms with E-state index in [4.69, 9.17) is 9.72 Å². The monoisotopic (exact) mass is 397 g/mol. The Morgan fingerprint density at radius 2 is 2.10 bits per heavy atom. The van der Waals surface area contributed by atoms with Gasteiger partial charge in [0.2, 0.25) is 5.91 Å². The van der Waals surface area contributed by atoms with Gasteiger partial charge in [0.1, 0.15) is 0 Å². The Bertz CT molecular complexity index is 967. The molecular weight excluding hydrogens is 370 g/mol. The van der Waals surface area contributed by atoms with Crippen molar-refractivity contribution in [2.24, 2.45) is 7.05 Å². The fraction of sp³-hybridized carbons (Fsp3) is 0.524. The number of fused-ring (bicyclic) bond motifs is 1. The number of rotatable bonds is 3. The molecule has 0 spiro atoms. The van der Waals surface area contributed by atoms with E-state index in [-0.39, 0.29) is 24.3 Å². The molecule has 2 aromatic rings. The highest BCUT2D eigenvalue weighted by Gasteiger charge is 2.31. The summed E-state index contributed by atoms with van der Waals surface area (Å²) in [6.07, 6.45) is 1.93. The molecule has 1 unspecified atom stereocenters. The number of hydrogen-bond acceptors (Lipinski definition) is 5. The first kappa shape index (κ1) is 19.4. The smallest absolute Gasteiger partial charge is 0.266 e. The maximum atomic E-state index is 12.7. The highest BCUT2D eigenvalue weighted by atomic mass is 16.5. The average Bonchev–Trinajstić information content (AvgIpc) is 2.95. The van der Waals surface area contributed by atoms with Crippen LogP contribution in [0.3, 0.4) is 0 Å². The number of anilines is 1. The fourth-order valence-corrected chi connectivity index (χ4v) is 4.19. The molecule has 4 rings (SSSR count). The number of carbonyl (C=O) groups is 2. The zero-order valence-electron chi connectivity index (χ0n) is 17.4.